The second-order valence-corrected chi connectivity index (χ2v) is 8.12. The van der Waals surface area contributed by atoms with Gasteiger partial charge in [0.15, 0.2) is 17.8 Å². The second-order valence-electron chi connectivity index (χ2n) is 7.78. The largest absolute Gasteiger partial charge is 0.350 e. The normalized spacial score (nSPS) is 17.0. The van der Waals surface area contributed by atoms with E-state index in [4.69, 9.17) is 16.6 Å². The number of pyridine rings is 1. The first-order valence-corrected chi connectivity index (χ1v) is 10.6. The van der Waals surface area contributed by atoms with Crippen LogP contribution >= 0.6 is 11.6 Å². The number of nitrogens with zero attached hydrogens (tertiary/aromatic N) is 7. The fourth-order valence-electron chi connectivity index (χ4n) is 3.91. The van der Waals surface area contributed by atoms with E-state index in [0.717, 1.165) is 17.1 Å². The second kappa shape index (κ2) is 9.32. The number of aliphatic imine (C=N–C) groups is 1. The van der Waals surface area contributed by atoms with Crippen molar-refractivity contribution in [2.75, 3.05) is 24.5 Å². The average molecular weight is 453 g/mol. The molecule has 0 bridgehead atoms. The van der Waals surface area contributed by atoms with Gasteiger partial charge in [-0.2, -0.15) is 10.2 Å². The topological polar surface area (TPSA) is 93.3 Å². The number of rotatable bonds is 3. The summed E-state index contributed by atoms with van der Waals surface area (Å²) in [6.07, 6.45) is 4.82. The lowest BCUT2D eigenvalue weighted by atomic mass is 9.99. The van der Waals surface area contributed by atoms with Crippen molar-refractivity contribution in [1.29, 1.82) is 5.26 Å². The first-order chi connectivity index (χ1) is 15.5. The van der Waals surface area contributed by atoms with Crippen LogP contribution in [0.15, 0.2) is 47.7 Å². The third-order valence-electron chi connectivity index (χ3n) is 5.47. The molecule has 0 amide bonds. The maximum absolute atomic E-state index is 14.4. The Morgan fingerprint density at radius 3 is 2.91 bits per heavy atom. The highest BCUT2D eigenvalue weighted by molar-refractivity contribution is 6.28. The number of piperazine rings is 1. The van der Waals surface area contributed by atoms with Crippen LogP contribution < -0.4 is 10.2 Å². The van der Waals surface area contributed by atoms with Crippen LogP contribution in [0.5, 0.6) is 0 Å². The molecule has 1 aliphatic rings. The van der Waals surface area contributed by atoms with Gasteiger partial charge in [-0.25, -0.2) is 14.4 Å². The van der Waals surface area contributed by atoms with E-state index in [1.165, 1.54) is 0 Å². The number of hydrogen-bond donors (Lipinski definition) is 1. The third-order valence-corrected chi connectivity index (χ3v) is 5.65. The minimum Gasteiger partial charge on any atom is -0.350 e. The van der Waals surface area contributed by atoms with E-state index in [9.17, 15) is 9.65 Å². The van der Waals surface area contributed by atoms with Crippen LogP contribution in [0.4, 0.5) is 15.9 Å². The number of guanidine groups is 1. The Morgan fingerprint density at radius 1 is 1.28 bits per heavy atom. The van der Waals surface area contributed by atoms with Gasteiger partial charge in [0, 0.05) is 31.2 Å². The van der Waals surface area contributed by atoms with Crippen molar-refractivity contribution in [2.45, 2.75) is 19.9 Å². The van der Waals surface area contributed by atoms with E-state index in [1.807, 2.05) is 41.4 Å². The molecule has 0 spiro atoms. The minimum atomic E-state index is -0.516. The number of benzene rings is 1. The van der Waals surface area contributed by atoms with E-state index in [1.54, 1.807) is 6.20 Å². The van der Waals surface area contributed by atoms with E-state index in [2.05, 4.69) is 39.0 Å². The monoisotopic (exact) mass is 452 g/mol. The van der Waals surface area contributed by atoms with Gasteiger partial charge in [0.25, 0.3) is 0 Å². The van der Waals surface area contributed by atoms with Gasteiger partial charge in [-0.05, 0) is 41.8 Å². The molecule has 1 aromatic carbocycles. The Balaban J connectivity index is 1.69. The Morgan fingerprint density at radius 2 is 2.12 bits per heavy atom. The van der Waals surface area contributed by atoms with Crippen molar-refractivity contribution in [3.05, 3.63) is 53.8 Å². The van der Waals surface area contributed by atoms with E-state index in [0.29, 0.717) is 31.3 Å². The maximum Gasteiger partial charge on any atom is 0.224 e. The van der Waals surface area contributed by atoms with Crippen molar-refractivity contribution in [1.82, 2.24) is 25.2 Å². The van der Waals surface area contributed by atoms with E-state index in [-0.39, 0.29) is 23.1 Å². The summed E-state index contributed by atoms with van der Waals surface area (Å²) in [5, 5.41) is 13.1. The standard InChI is InChI=1S/C22H22ClFN8/c1-14(2)19-12-31(20-16(24)11-27-21(23)30-20)9-10-32(19)22(28-13-25)29-18-7-3-6-17-15(18)5-4-8-26-17/h3-8,11,14,19H,9-10,12H2,1-2H3,(H,28,29). The molecule has 1 atom stereocenters. The first kappa shape index (κ1) is 21.7. The predicted octanol–water partition coefficient (Wildman–Crippen LogP) is 3.72. The van der Waals surface area contributed by atoms with Gasteiger partial charge < -0.3 is 9.80 Å². The lowest BCUT2D eigenvalue weighted by Crippen LogP contribution is -2.59. The molecule has 164 valence electrons. The van der Waals surface area contributed by atoms with Crippen LogP contribution in [-0.4, -0.2) is 51.5 Å². The fourth-order valence-corrected chi connectivity index (χ4v) is 4.04. The number of fused-ring (bicyclic) bond motifs is 1. The predicted molar refractivity (Wildman–Crippen MR) is 122 cm³/mol. The molecule has 0 aliphatic carbocycles. The average Bonchev–Trinajstić information content (AvgIpc) is 2.80. The number of hydrogen-bond acceptors (Lipinski definition) is 6. The summed E-state index contributed by atoms with van der Waals surface area (Å²) in [6.45, 7) is 5.65. The van der Waals surface area contributed by atoms with Gasteiger partial charge in [0.05, 0.1) is 23.4 Å². The summed E-state index contributed by atoms with van der Waals surface area (Å²) in [4.78, 5) is 20.9. The molecule has 2 aromatic heterocycles. The molecule has 0 saturated carbocycles. The Labute approximate surface area is 190 Å². The molecular weight excluding hydrogens is 431 g/mol. The number of aromatic nitrogens is 3. The highest BCUT2D eigenvalue weighted by Crippen LogP contribution is 2.27. The molecule has 0 radical (unpaired) electrons. The zero-order valence-corrected chi connectivity index (χ0v) is 18.5. The number of halogens is 2. The molecule has 32 heavy (non-hydrogen) atoms. The minimum absolute atomic E-state index is 0.00268. The number of nitriles is 1. The van der Waals surface area contributed by atoms with Gasteiger partial charge in [-0.3, -0.25) is 10.3 Å². The lowest BCUT2D eigenvalue weighted by molar-refractivity contribution is 0.219. The fraction of sp³-hybridized carbons (Fsp3) is 0.318. The molecule has 1 aliphatic heterocycles. The van der Waals surface area contributed by atoms with E-state index < -0.39 is 5.82 Å². The number of anilines is 1. The molecule has 1 fully saturated rings. The molecule has 4 rings (SSSR count). The van der Waals surface area contributed by atoms with Crippen LogP contribution in [0.1, 0.15) is 13.8 Å². The molecule has 1 unspecified atom stereocenters. The molecule has 1 saturated heterocycles. The summed E-state index contributed by atoms with van der Waals surface area (Å²) < 4.78 is 14.4. The molecule has 10 heteroatoms. The maximum atomic E-state index is 14.4. The van der Waals surface area contributed by atoms with Crippen LogP contribution in [0.25, 0.3) is 10.9 Å². The smallest absolute Gasteiger partial charge is 0.224 e. The zero-order valence-electron chi connectivity index (χ0n) is 17.7. The van der Waals surface area contributed by atoms with Crippen LogP contribution in [0.2, 0.25) is 5.28 Å². The van der Waals surface area contributed by atoms with Crippen molar-refractivity contribution in [3.63, 3.8) is 0 Å². The van der Waals surface area contributed by atoms with Crippen LogP contribution in [0, 0.1) is 23.2 Å². The number of nitrogens with one attached hydrogen (secondary N) is 1. The first-order valence-electron chi connectivity index (χ1n) is 10.2. The van der Waals surface area contributed by atoms with Gasteiger partial charge in [0.1, 0.15) is 0 Å². The van der Waals surface area contributed by atoms with Gasteiger partial charge in [0.2, 0.25) is 11.2 Å². The Hall–Kier alpha value is -3.51. The quantitative estimate of drug-likeness (QED) is 0.213. The Kier molecular flexibility index (Phi) is 6.32. The molecule has 3 heterocycles. The highest BCUT2D eigenvalue weighted by Gasteiger charge is 2.33. The summed E-state index contributed by atoms with van der Waals surface area (Å²) in [7, 11) is 0. The Bertz CT molecular complexity index is 1190. The van der Waals surface area contributed by atoms with Crippen LogP contribution in [-0.2, 0) is 0 Å². The van der Waals surface area contributed by atoms with E-state index >= 15 is 0 Å². The molecule has 8 nitrogen and oxygen atoms in total. The van der Waals surface area contributed by atoms with Gasteiger partial charge in [-0.1, -0.05) is 19.9 Å². The zero-order chi connectivity index (χ0) is 22.7. The van der Waals surface area contributed by atoms with Crippen molar-refractivity contribution < 1.29 is 4.39 Å². The third kappa shape index (κ3) is 4.41. The SMILES string of the molecule is CC(C)C1CN(c2nc(Cl)ncc2F)CCN1C(=Nc1cccc2ncccc12)NC#N. The summed E-state index contributed by atoms with van der Waals surface area (Å²) in [6, 6.07) is 9.45. The van der Waals surface area contributed by atoms with Crippen molar-refractivity contribution in [3.8, 4) is 6.19 Å². The van der Waals surface area contributed by atoms with Crippen molar-refractivity contribution in [2.24, 2.45) is 10.9 Å². The lowest BCUT2D eigenvalue weighted by Gasteiger charge is -2.44. The molecule has 1 N–H and O–H groups in total. The van der Waals surface area contributed by atoms with Gasteiger partial charge >= 0.3 is 0 Å². The van der Waals surface area contributed by atoms with Crippen molar-refractivity contribution >= 4 is 40.0 Å². The summed E-state index contributed by atoms with van der Waals surface area (Å²) in [5.41, 5.74) is 1.54. The van der Waals surface area contributed by atoms with Crippen LogP contribution in [0.3, 0.4) is 0 Å². The van der Waals surface area contributed by atoms with Gasteiger partial charge in [-0.15, -0.1) is 0 Å². The molecule has 3 aromatic rings. The summed E-state index contributed by atoms with van der Waals surface area (Å²) in [5.74, 6) is 0.307. The summed E-state index contributed by atoms with van der Waals surface area (Å²) >= 11 is 5.90. The highest BCUT2D eigenvalue weighted by atomic mass is 35.5. The molecular formula is C22H22ClFN8.